The third-order valence-corrected chi connectivity index (χ3v) is 6.34. The second-order valence-electron chi connectivity index (χ2n) is 8.41. The van der Waals surface area contributed by atoms with E-state index in [1.165, 1.54) is 24.8 Å². The Bertz CT molecular complexity index is 1150. The lowest BCUT2D eigenvalue weighted by atomic mass is 10.1. The molecule has 1 aliphatic carbocycles. The van der Waals surface area contributed by atoms with E-state index in [2.05, 4.69) is 20.3 Å². The third kappa shape index (κ3) is 4.22. The van der Waals surface area contributed by atoms with Gasteiger partial charge in [0.2, 0.25) is 0 Å². The Balaban J connectivity index is 1.36. The lowest BCUT2D eigenvalue weighted by molar-refractivity contribution is -0.0243. The first-order valence-electron chi connectivity index (χ1n) is 11.0. The fourth-order valence-corrected chi connectivity index (χ4v) is 4.51. The van der Waals surface area contributed by atoms with Crippen LogP contribution < -0.4 is 5.32 Å². The van der Waals surface area contributed by atoms with Gasteiger partial charge in [0.25, 0.3) is 0 Å². The highest BCUT2D eigenvalue weighted by atomic mass is 19.1. The number of hydrogen-bond acceptors (Lipinski definition) is 8. The number of ether oxygens (including phenoxy) is 2. The second-order valence-corrected chi connectivity index (χ2v) is 8.41. The van der Waals surface area contributed by atoms with Crippen LogP contribution in [0.1, 0.15) is 31.1 Å². The van der Waals surface area contributed by atoms with Crippen LogP contribution in [-0.2, 0) is 9.47 Å². The van der Waals surface area contributed by atoms with Gasteiger partial charge in [-0.15, -0.1) is 0 Å². The van der Waals surface area contributed by atoms with Crippen molar-refractivity contribution in [1.82, 2.24) is 19.5 Å². The zero-order chi connectivity index (χ0) is 22.9. The van der Waals surface area contributed by atoms with Crippen LogP contribution in [0.4, 0.5) is 10.2 Å². The van der Waals surface area contributed by atoms with Crippen molar-refractivity contribution in [2.45, 2.75) is 55.9 Å². The van der Waals surface area contributed by atoms with Crippen molar-refractivity contribution in [2.75, 3.05) is 12.4 Å². The van der Waals surface area contributed by atoms with Crippen LogP contribution in [0.2, 0.25) is 0 Å². The van der Waals surface area contributed by atoms with Crippen molar-refractivity contribution >= 4 is 23.1 Å². The molecule has 2 unspecified atom stereocenters. The zero-order valence-corrected chi connectivity index (χ0v) is 18.1. The van der Waals surface area contributed by atoms with Gasteiger partial charge in [0.1, 0.15) is 30.5 Å². The average Bonchev–Trinajstić information content (AvgIpc) is 3.53. The highest BCUT2D eigenvalue weighted by Crippen LogP contribution is 2.34. The minimum absolute atomic E-state index is 0.223. The smallest absolute Gasteiger partial charge is 0.167 e. The number of aliphatic hydroxyl groups excluding tert-OH is 2. The van der Waals surface area contributed by atoms with Crippen LogP contribution in [0.3, 0.4) is 0 Å². The minimum Gasteiger partial charge on any atom is -0.387 e. The first-order chi connectivity index (χ1) is 16.0. The van der Waals surface area contributed by atoms with Crippen molar-refractivity contribution in [3.63, 3.8) is 0 Å². The molecule has 0 radical (unpaired) electrons. The maximum Gasteiger partial charge on any atom is 0.167 e. The number of rotatable bonds is 6. The molecule has 3 aromatic rings. The summed E-state index contributed by atoms with van der Waals surface area (Å²) in [6.07, 6.45) is 4.93. The van der Waals surface area contributed by atoms with E-state index >= 15 is 0 Å². The van der Waals surface area contributed by atoms with Crippen molar-refractivity contribution in [2.24, 2.45) is 0 Å². The Morgan fingerprint density at radius 3 is 2.82 bits per heavy atom. The molecule has 6 atom stereocenters. The fraction of sp³-hybridized carbons (Fsp3) is 0.435. The van der Waals surface area contributed by atoms with E-state index in [9.17, 15) is 14.6 Å². The minimum atomic E-state index is -1.22. The Morgan fingerprint density at radius 2 is 2.03 bits per heavy atom. The Labute approximate surface area is 189 Å². The van der Waals surface area contributed by atoms with E-state index in [1.54, 1.807) is 36.0 Å². The van der Waals surface area contributed by atoms with Crippen LogP contribution in [0.15, 0.2) is 43.0 Å². The molecule has 5 rings (SSSR count). The third-order valence-electron chi connectivity index (χ3n) is 6.34. The first kappa shape index (κ1) is 21.9. The second kappa shape index (κ2) is 9.14. The fourth-order valence-electron chi connectivity index (χ4n) is 4.51. The summed E-state index contributed by atoms with van der Waals surface area (Å²) in [5.74, 6) is 0.222. The lowest BCUT2D eigenvalue weighted by Gasteiger charge is -2.17. The number of anilines is 1. The number of aliphatic hydroxyl groups is 2. The molecule has 0 spiro atoms. The number of fused-ring (bicyclic) bond motifs is 1. The summed E-state index contributed by atoms with van der Waals surface area (Å²) >= 11 is 0. The molecule has 2 aliphatic rings. The lowest BCUT2D eigenvalue weighted by Crippen LogP contribution is -2.30. The maximum absolute atomic E-state index is 13.9. The summed E-state index contributed by atoms with van der Waals surface area (Å²) in [4.78, 5) is 13.1. The standard InChI is InChI=1S/C23H26FN5O4/c1-32-15-8-7-14(10-15)28-21-18-22(26-11-25-21)29(12-27-18)23-20(31)19(30)17(33-23)9-6-13-4-2-3-5-16(13)24/h2-6,9,11-12,14-15,17,19-20,23,30-31H,7-8,10H2,1H3,(H,25,26,28)/t14?,15?,17-,19-,20-,23-/m1/s1. The number of hydrogen-bond donors (Lipinski definition) is 3. The van der Waals surface area contributed by atoms with Crippen molar-refractivity contribution < 1.29 is 24.1 Å². The summed E-state index contributed by atoms with van der Waals surface area (Å²) < 4.78 is 26.8. The number of methoxy groups -OCH3 is 1. The number of imidazole rings is 1. The zero-order valence-electron chi connectivity index (χ0n) is 18.1. The molecule has 1 aliphatic heterocycles. The summed E-state index contributed by atoms with van der Waals surface area (Å²) in [6, 6.07) is 6.52. The van der Waals surface area contributed by atoms with Crippen LogP contribution in [-0.4, -0.2) is 67.3 Å². The molecule has 2 aromatic heterocycles. The highest BCUT2D eigenvalue weighted by Gasteiger charge is 2.43. The molecular formula is C23H26FN5O4. The molecule has 174 valence electrons. The Hall–Kier alpha value is -2.92. The van der Waals surface area contributed by atoms with E-state index in [1.807, 2.05) is 0 Å². The summed E-state index contributed by atoms with van der Waals surface area (Å²) in [5.41, 5.74) is 1.39. The van der Waals surface area contributed by atoms with Gasteiger partial charge in [-0.25, -0.2) is 19.3 Å². The number of benzene rings is 1. The molecule has 9 nitrogen and oxygen atoms in total. The van der Waals surface area contributed by atoms with E-state index < -0.39 is 24.5 Å². The largest absolute Gasteiger partial charge is 0.387 e. The van der Waals surface area contributed by atoms with Gasteiger partial charge in [0.05, 0.1) is 12.4 Å². The van der Waals surface area contributed by atoms with Gasteiger partial charge in [-0.1, -0.05) is 30.4 Å². The quantitative estimate of drug-likeness (QED) is 0.519. The number of nitrogens with zero attached hydrogens (tertiary/aromatic N) is 4. The number of halogens is 1. The van der Waals surface area contributed by atoms with Gasteiger partial charge in [-0.2, -0.15) is 0 Å². The van der Waals surface area contributed by atoms with Crippen LogP contribution in [0, 0.1) is 5.82 Å². The molecular weight excluding hydrogens is 429 g/mol. The summed E-state index contributed by atoms with van der Waals surface area (Å²) in [7, 11) is 1.72. The van der Waals surface area contributed by atoms with Gasteiger partial charge >= 0.3 is 0 Å². The van der Waals surface area contributed by atoms with Crippen LogP contribution >= 0.6 is 0 Å². The molecule has 1 aromatic carbocycles. The van der Waals surface area contributed by atoms with Gasteiger partial charge in [-0.05, 0) is 25.3 Å². The van der Waals surface area contributed by atoms with E-state index in [0.29, 0.717) is 22.5 Å². The van der Waals surface area contributed by atoms with Gasteiger partial charge in [0.15, 0.2) is 23.2 Å². The first-order valence-corrected chi connectivity index (χ1v) is 11.0. The molecule has 2 fully saturated rings. The number of aromatic nitrogens is 4. The van der Waals surface area contributed by atoms with Gasteiger partial charge < -0.3 is 25.0 Å². The van der Waals surface area contributed by atoms with E-state index in [-0.39, 0.29) is 18.0 Å². The van der Waals surface area contributed by atoms with E-state index in [4.69, 9.17) is 9.47 Å². The Kier molecular flexibility index (Phi) is 6.07. The van der Waals surface area contributed by atoms with Crippen molar-refractivity contribution in [3.05, 3.63) is 54.4 Å². The predicted molar refractivity (Wildman–Crippen MR) is 119 cm³/mol. The average molecular weight is 455 g/mol. The predicted octanol–water partition coefficient (Wildman–Crippen LogP) is 2.28. The van der Waals surface area contributed by atoms with E-state index in [0.717, 1.165) is 19.3 Å². The monoisotopic (exact) mass is 455 g/mol. The molecule has 33 heavy (non-hydrogen) atoms. The summed E-state index contributed by atoms with van der Waals surface area (Å²) in [6.45, 7) is 0. The van der Waals surface area contributed by atoms with Gasteiger partial charge in [0, 0.05) is 18.7 Å². The maximum atomic E-state index is 13.9. The molecule has 3 heterocycles. The Morgan fingerprint density at radius 1 is 1.18 bits per heavy atom. The molecule has 1 saturated heterocycles. The van der Waals surface area contributed by atoms with Crippen LogP contribution in [0.5, 0.6) is 0 Å². The van der Waals surface area contributed by atoms with Crippen molar-refractivity contribution in [1.29, 1.82) is 0 Å². The van der Waals surface area contributed by atoms with Crippen molar-refractivity contribution in [3.8, 4) is 0 Å². The molecule has 10 heteroatoms. The molecule has 0 bridgehead atoms. The molecule has 0 amide bonds. The molecule has 1 saturated carbocycles. The highest BCUT2D eigenvalue weighted by molar-refractivity contribution is 5.82. The van der Waals surface area contributed by atoms with Gasteiger partial charge in [-0.3, -0.25) is 4.57 Å². The SMILES string of the molecule is COC1CCC(Nc2ncnc3c2ncn3[C@@H]2O[C@H](C=Cc3ccccc3F)[C@@H](O)[C@H]2O)C1. The topological polar surface area (TPSA) is 115 Å². The summed E-state index contributed by atoms with van der Waals surface area (Å²) in [5, 5.41) is 24.6. The normalized spacial score (nSPS) is 29.9. The number of nitrogens with one attached hydrogen (secondary N) is 1. The molecule has 3 N–H and O–H groups in total. The van der Waals surface area contributed by atoms with Crippen LogP contribution in [0.25, 0.3) is 17.2 Å².